The van der Waals surface area contributed by atoms with E-state index in [9.17, 15) is 22.8 Å². The number of fused-ring (bicyclic) bond motifs is 5. The van der Waals surface area contributed by atoms with Gasteiger partial charge in [0, 0.05) is 11.5 Å². The summed E-state index contributed by atoms with van der Waals surface area (Å²) in [6.45, 7) is 5.78. The van der Waals surface area contributed by atoms with E-state index < -0.39 is 42.2 Å². The van der Waals surface area contributed by atoms with Crippen molar-refractivity contribution in [3.63, 3.8) is 0 Å². The van der Waals surface area contributed by atoms with Crippen molar-refractivity contribution in [2.75, 3.05) is 0 Å². The zero-order chi connectivity index (χ0) is 22.9. The zero-order valence-electron chi connectivity index (χ0n) is 17.9. The molecule has 1 unspecified atom stereocenters. The SMILES string of the molecule is Cc1cc(C)c(C2C(=O)[C@@H]3[C@@H]4O[C@@H](C[C@H]4c4ccccc4OC(F)(F)F)[C@@H]3C2=O)c(C)c1. The molecule has 6 atom stereocenters. The molecule has 0 N–H and O–H groups in total. The third-order valence-corrected chi connectivity index (χ3v) is 7.15. The van der Waals surface area contributed by atoms with Gasteiger partial charge in [-0.1, -0.05) is 35.9 Å². The predicted octanol–water partition coefficient (Wildman–Crippen LogP) is 4.93. The van der Waals surface area contributed by atoms with Gasteiger partial charge in [-0.3, -0.25) is 9.59 Å². The van der Waals surface area contributed by atoms with E-state index in [1.807, 2.05) is 32.9 Å². The maximum Gasteiger partial charge on any atom is 0.573 e. The molecule has 3 fully saturated rings. The molecule has 2 aliphatic heterocycles. The quantitative estimate of drug-likeness (QED) is 0.630. The molecule has 0 aromatic heterocycles. The van der Waals surface area contributed by atoms with Crippen LogP contribution in [-0.4, -0.2) is 30.1 Å². The van der Waals surface area contributed by atoms with Crippen molar-refractivity contribution >= 4 is 11.6 Å². The number of carbonyl (C=O) groups excluding carboxylic acids is 2. The number of alkyl halides is 3. The van der Waals surface area contributed by atoms with E-state index >= 15 is 0 Å². The Bertz CT molecular complexity index is 1100. The van der Waals surface area contributed by atoms with Gasteiger partial charge in [0.2, 0.25) is 0 Å². The number of para-hydroxylation sites is 1. The predicted molar refractivity (Wildman–Crippen MR) is 110 cm³/mol. The van der Waals surface area contributed by atoms with Gasteiger partial charge in [0.15, 0.2) is 11.6 Å². The maximum atomic E-state index is 13.6. The normalized spacial score (nSPS) is 31.3. The van der Waals surface area contributed by atoms with Crippen molar-refractivity contribution in [2.24, 2.45) is 11.8 Å². The number of hydrogen-bond donors (Lipinski definition) is 0. The molecule has 2 bridgehead atoms. The average Bonchev–Trinajstić information content (AvgIpc) is 3.34. The van der Waals surface area contributed by atoms with Crippen LogP contribution in [0.5, 0.6) is 5.75 Å². The Morgan fingerprint density at radius 1 is 0.969 bits per heavy atom. The molecule has 1 aliphatic carbocycles. The third-order valence-electron chi connectivity index (χ3n) is 7.15. The van der Waals surface area contributed by atoms with Crippen molar-refractivity contribution in [1.82, 2.24) is 0 Å². The van der Waals surface area contributed by atoms with E-state index in [1.165, 1.54) is 12.1 Å². The number of hydrogen-bond acceptors (Lipinski definition) is 4. The average molecular weight is 444 g/mol. The molecule has 7 heteroatoms. The standard InChI is InChI=1S/C25H23F3O4/c1-11-8-12(2)18(13(3)9-11)20-22(29)19-17-10-15(24(31-17)21(19)23(20)30)14-6-4-5-7-16(14)32-25(26,27)28/h4-9,15,17,19-21,24H,10H2,1-3H3/t15-,17-,19-,20?,21+,24+/m0/s1. The second-order valence-electron chi connectivity index (χ2n) is 9.17. The number of carbonyl (C=O) groups is 2. The molecule has 32 heavy (non-hydrogen) atoms. The number of ether oxygens (including phenoxy) is 2. The smallest absolute Gasteiger partial charge is 0.405 e. The number of ketones is 2. The monoisotopic (exact) mass is 444 g/mol. The number of benzene rings is 2. The molecule has 2 heterocycles. The molecule has 0 spiro atoms. The van der Waals surface area contributed by atoms with E-state index in [1.54, 1.807) is 12.1 Å². The highest BCUT2D eigenvalue weighted by molar-refractivity contribution is 6.17. The van der Waals surface area contributed by atoms with Crippen LogP contribution in [0, 0.1) is 32.6 Å². The summed E-state index contributed by atoms with van der Waals surface area (Å²) < 4.78 is 49.0. The van der Waals surface area contributed by atoms with Gasteiger partial charge in [-0.25, -0.2) is 0 Å². The molecule has 3 aliphatic rings. The summed E-state index contributed by atoms with van der Waals surface area (Å²) in [6.07, 6.45) is -5.53. The highest BCUT2D eigenvalue weighted by atomic mass is 19.4. The zero-order valence-corrected chi connectivity index (χ0v) is 17.9. The van der Waals surface area contributed by atoms with Crippen LogP contribution in [-0.2, 0) is 14.3 Å². The van der Waals surface area contributed by atoms with Crippen LogP contribution in [0.4, 0.5) is 13.2 Å². The lowest BCUT2D eigenvalue weighted by molar-refractivity contribution is -0.275. The maximum absolute atomic E-state index is 13.6. The first-order chi connectivity index (χ1) is 15.1. The molecular formula is C25H23F3O4. The number of Topliss-reactive ketones (excluding diaryl/α,β-unsaturated/α-hetero) is 2. The summed E-state index contributed by atoms with van der Waals surface area (Å²) in [5.74, 6) is -3.03. The van der Waals surface area contributed by atoms with E-state index in [2.05, 4.69) is 4.74 Å². The van der Waals surface area contributed by atoms with Crippen molar-refractivity contribution in [3.05, 3.63) is 64.2 Å². The van der Waals surface area contributed by atoms with E-state index in [0.29, 0.717) is 12.0 Å². The Balaban J connectivity index is 1.50. The van der Waals surface area contributed by atoms with E-state index in [4.69, 9.17) is 4.74 Å². The Morgan fingerprint density at radius 2 is 1.59 bits per heavy atom. The summed E-state index contributed by atoms with van der Waals surface area (Å²) in [6, 6.07) is 9.91. The minimum absolute atomic E-state index is 0.124. The first-order valence-corrected chi connectivity index (χ1v) is 10.7. The van der Waals surface area contributed by atoms with Gasteiger partial charge >= 0.3 is 6.36 Å². The molecule has 2 aromatic carbocycles. The van der Waals surface area contributed by atoms with Crippen LogP contribution in [0.3, 0.4) is 0 Å². The highest BCUT2D eigenvalue weighted by Gasteiger charge is 2.66. The molecule has 2 saturated heterocycles. The van der Waals surface area contributed by atoms with Crippen molar-refractivity contribution in [3.8, 4) is 5.75 Å². The van der Waals surface area contributed by atoms with Crippen LogP contribution < -0.4 is 4.74 Å². The van der Waals surface area contributed by atoms with E-state index in [0.717, 1.165) is 22.3 Å². The number of halogens is 3. The van der Waals surface area contributed by atoms with Crippen LogP contribution in [0.25, 0.3) is 0 Å². The Hall–Kier alpha value is -2.67. The lowest BCUT2D eigenvalue weighted by atomic mass is 9.73. The Kier molecular flexibility index (Phi) is 4.75. The second kappa shape index (κ2) is 7.17. The van der Waals surface area contributed by atoms with Gasteiger partial charge in [-0.2, -0.15) is 0 Å². The summed E-state index contributed by atoms with van der Waals surface area (Å²) in [7, 11) is 0. The summed E-state index contributed by atoms with van der Waals surface area (Å²) in [4.78, 5) is 27.0. The lowest BCUT2D eigenvalue weighted by Crippen LogP contribution is -2.34. The summed E-state index contributed by atoms with van der Waals surface area (Å²) in [5, 5.41) is 0. The van der Waals surface area contributed by atoms with Gasteiger partial charge in [-0.15, -0.1) is 13.2 Å². The van der Waals surface area contributed by atoms with E-state index in [-0.39, 0.29) is 17.3 Å². The molecule has 5 rings (SSSR count). The van der Waals surface area contributed by atoms with Gasteiger partial charge in [-0.05, 0) is 49.9 Å². The fourth-order valence-corrected chi connectivity index (χ4v) is 6.20. The Labute approximate surface area is 183 Å². The molecule has 168 valence electrons. The van der Waals surface area contributed by atoms with Crippen LogP contribution in [0.15, 0.2) is 36.4 Å². The summed E-state index contributed by atoms with van der Waals surface area (Å²) >= 11 is 0. The molecule has 1 saturated carbocycles. The van der Waals surface area contributed by atoms with Gasteiger partial charge in [0.25, 0.3) is 0 Å². The fraction of sp³-hybridized carbons (Fsp3) is 0.440. The Morgan fingerprint density at radius 3 is 2.25 bits per heavy atom. The second-order valence-corrected chi connectivity index (χ2v) is 9.17. The van der Waals surface area contributed by atoms with Crippen molar-refractivity contribution in [1.29, 1.82) is 0 Å². The van der Waals surface area contributed by atoms with Gasteiger partial charge in [0.05, 0.1) is 24.0 Å². The third kappa shape index (κ3) is 3.17. The number of aryl methyl sites for hydroxylation is 3. The molecule has 0 amide bonds. The fourth-order valence-electron chi connectivity index (χ4n) is 6.20. The lowest BCUT2D eigenvalue weighted by Gasteiger charge is -2.27. The number of rotatable bonds is 3. The highest BCUT2D eigenvalue weighted by Crippen LogP contribution is 2.58. The topological polar surface area (TPSA) is 52.6 Å². The van der Waals surface area contributed by atoms with Gasteiger partial charge in [0.1, 0.15) is 11.7 Å². The first-order valence-electron chi connectivity index (χ1n) is 10.7. The first kappa shape index (κ1) is 21.2. The largest absolute Gasteiger partial charge is 0.573 e. The van der Waals surface area contributed by atoms with Crippen molar-refractivity contribution in [2.45, 2.75) is 57.6 Å². The van der Waals surface area contributed by atoms with Crippen molar-refractivity contribution < 1.29 is 32.2 Å². The van der Waals surface area contributed by atoms with Crippen LogP contribution in [0.2, 0.25) is 0 Å². The molecule has 2 aromatic rings. The minimum atomic E-state index is -4.82. The van der Waals surface area contributed by atoms with Gasteiger partial charge < -0.3 is 9.47 Å². The minimum Gasteiger partial charge on any atom is -0.405 e. The summed E-state index contributed by atoms with van der Waals surface area (Å²) in [5.41, 5.74) is 4.00. The van der Waals surface area contributed by atoms with Crippen LogP contribution in [0.1, 0.15) is 46.1 Å². The molecular weight excluding hydrogens is 421 g/mol. The molecule has 0 radical (unpaired) electrons. The van der Waals surface area contributed by atoms with Crippen LogP contribution >= 0.6 is 0 Å². The molecule has 4 nitrogen and oxygen atoms in total.